The highest BCUT2D eigenvalue weighted by atomic mass is 16.6. The van der Waals surface area contributed by atoms with Crippen LogP contribution in [0.25, 0.3) is 0 Å². The topological polar surface area (TPSA) is 81.7 Å². The number of methoxy groups -OCH3 is 1. The summed E-state index contributed by atoms with van der Waals surface area (Å²) in [4.78, 5) is 40.5. The van der Waals surface area contributed by atoms with E-state index in [1.165, 1.54) is 39.2 Å². The highest BCUT2D eigenvalue weighted by Crippen LogP contribution is 2.30. The van der Waals surface area contributed by atoms with Gasteiger partial charge in [-0.05, 0) is 31.4 Å². The molecule has 0 saturated heterocycles. The van der Waals surface area contributed by atoms with Gasteiger partial charge < -0.3 is 14.8 Å². The van der Waals surface area contributed by atoms with Crippen LogP contribution in [-0.2, 0) is 23.9 Å². The minimum absolute atomic E-state index is 0.357. The third kappa shape index (κ3) is 9.75. The zero-order valence-electron chi connectivity index (χ0n) is 22.8. The Morgan fingerprint density at radius 1 is 0.829 bits per heavy atom. The van der Waals surface area contributed by atoms with Crippen molar-refractivity contribution in [3.8, 4) is 0 Å². The van der Waals surface area contributed by atoms with Gasteiger partial charge in [0.15, 0.2) is 5.78 Å². The Bertz CT molecular complexity index is 771. The van der Waals surface area contributed by atoms with E-state index in [1.54, 1.807) is 45.0 Å². The number of Topliss-reactive ketones (excluding diaryl/α,β-unsaturated/α-hetero) is 1. The average molecular weight is 490 g/mol. The molecule has 2 unspecified atom stereocenters. The Labute approximate surface area is 212 Å². The van der Waals surface area contributed by atoms with E-state index in [4.69, 9.17) is 9.47 Å². The first-order valence-electron chi connectivity index (χ1n) is 13.3. The summed E-state index contributed by atoms with van der Waals surface area (Å²) in [6.07, 6.45) is 11.1. The van der Waals surface area contributed by atoms with Crippen molar-refractivity contribution in [2.45, 2.75) is 117 Å². The second-order valence-electron chi connectivity index (χ2n) is 10.4. The lowest BCUT2D eigenvalue weighted by atomic mass is 9.79. The minimum Gasteiger partial charge on any atom is -0.459 e. The van der Waals surface area contributed by atoms with Gasteiger partial charge in [-0.25, -0.2) is 4.79 Å². The molecule has 0 bridgehead atoms. The third-order valence-corrected chi connectivity index (χ3v) is 6.23. The molecule has 0 aliphatic heterocycles. The molecule has 1 rings (SSSR count). The van der Waals surface area contributed by atoms with E-state index >= 15 is 0 Å². The van der Waals surface area contributed by atoms with E-state index in [0.717, 1.165) is 25.7 Å². The molecule has 0 radical (unpaired) electrons. The van der Waals surface area contributed by atoms with Crippen molar-refractivity contribution in [3.63, 3.8) is 0 Å². The van der Waals surface area contributed by atoms with E-state index in [2.05, 4.69) is 19.2 Å². The molecule has 1 amide bonds. The molecule has 1 aromatic carbocycles. The number of nitrogens with one attached hydrogen (secondary N) is 1. The van der Waals surface area contributed by atoms with E-state index in [-0.39, 0.29) is 6.10 Å². The van der Waals surface area contributed by atoms with Crippen LogP contribution in [0.3, 0.4) is 0 Å². The van der Waals surface area contributed by atoms with Crippen molar-refractivity contribution in [2.75, 3.05) is 12.4 Å². The Morgan fingerprint density at radius 2 is 1.37 bits per heavy atom. The largest absolute Gasteiger partial charge is 0.459 e. The average Bonchev–Trinajstić information content (AvgIpc) is 2.82. The van der Waals surface area contributed by atoms with Crippen molar-refractivity contribution < 1.29 is 23.9 Å². The molecule has 0 aliphatic carbocycles. The molecule has 0 fully saturated rings. The van der Waals surface area contributed by atoms with Crippen LogP contribution in [0.4, 0.5) is 5.69 Å². The first kappa shape index (κ1) is 30.8. The number of rotatable bonds is 17. The second kappa shape index (κ2) is 15.7. The number of benzene rings is 1. The van der Waals surface area contributed by atoms with Crippen molar-refractivity contribution in [2.24, 2.45) is 5.41 Å². The monoisotopic (exact) mass is 489 g/mol. The Kier molecular flexibility index (Phi) is 13.8. The van der Waals surface area contributed by atoms with Crippen LogP contribution in [0, 0.1) is 5.41 Å². The van der Waals surface area contributed by atoms with Gasteiger partial charge in [-0.1, -0.05) is 104 Å². The van der Waals surface area contributed by atoms with E-state index in [0.29, 0.717) is 18.5 Å². The number of unbranched alkanes of at least 4 members (excludes halogenated alkanes) is 7. The van der Waals surface area contributed by atoms with Crippen LogP contribution in [-0.4, -0.2) is 36.5 Å². The first-order chi connectivity index (χ1) is 16.6. The Balaban J connectivity index is 3.05. The number of hydrogen-bond donors (Lipinski definition) is 1. The van der Waals surface area contributed by atoms with Gasteiger partial charge in [0.2, 0.25) is 0 Å². The summed E-state index contributed by atoms with van der Waals surface area (Å²) in [5.74, 6) is -2.39. The van der Waals surface area contributed by atoms with Crippen LogP contribution >= 0.6 is 0 Å². The number of para-hydroxylation sites is 1. The number of anilines is 1. The zero-order chi connectivity index (χ0) is 26.3. The van der Waals surface area contributed by atoms with Crippen LogP contribution in [0.5, 0.6) is 0 Å². The molecular formula is C29H47NO5. The molecule has 1 aromatic rings. The molecule has 2 atom stereocenters. The maximum absolute atomic E-state index is 13.6. The maximum Gasteiger partial charge on any atom is 0.356 e. The predicted molar refractivity (Wildman–Crippen MR) is 141 cm³/mol. The van der Waals surface area contributed by atoms with Crippen molar-refractivity contribution in [1.29, 1.82) is 0 Å². The summed E-state index contributed by atoms with van der Waals surface area (Å²) in [5.41, 5.74) is -2.90. The van der Waals surface area contributed by atoms with Gasteiger partial charge in [-0.15, -0.1) is 0 Å². The molecule has 6 nitrogen and oxygen atoms in total. The SMILES string of the molecule is CCCCCCCCCC(CCCC)OC(=O)C(OC)(C(=O)Nc1ccccc1)C(=O)C(C)(C)C. The molecule has 0 aromatic heterocycles. The number of amides is 1. The zero-order valence-corrected chi connectivity index (χ0v) is 22.8. The summed E-state index contributed by atoms with van der Waals surface area (Å²) in [6, 6.07) is 8.72. The second-order valence-corrected chi connectivity index (χ2v) is 10.4. The van der Waals surface area contributed by atoms with Gasteiger partial charge in [0.05, 0.1) is 0 Å². The van der Waals surface area contributed by atoms with Gasteiger partial charge in [-0.3, -0.25) is 9.59 Å². The van der Waals surface area contributed by atoms with Gasteiger partial charge in [-0.2, -0.15) is 0 Å². The molecule has 35 heavy (non-hydrogen) atoms. The van der Waals surface area contributed by atoms with Crippen molar-refractivity contribution in [1.82, 2.24) is 0 Å². The molecule has 6 heteroatoms. The number of carbonyl (C=O) groups is 3. The van der Waals surface area contributed by atoms with Gasteiger partial charge in [0, 0.05) is 18.2 Å². The van der Waals surface area contributed by atoms with Gasteiger partial charge >= 0.3 is 11.6 Å². The van der Waals surface area contributed by atoms with Crippen molar-refractivity contribution in [3.05, 3.63) is 30.3 Å². The third-order valence-electron chi connectivity index (χ3n) is 6.23. The molecule has 1 N–H and O–H groups in total. The van der Waals surface area contributed by atoms with Crippen LogP contribution in [0.2, 0.25) is 0 Å². The quantitative estimate of drug-likeness (QED) is 0.147. The van der Waals surface area contributed by atoms with Crippen molar-refractivity contribution >= 4 is 23.3 Å². The maximum atomic E-state index is 13.6. The summed E-state index contributed by atoms with van der Waals surface area (Å²) < 4.78 is 11.4. The highest BCUT2D eigenvalue weighted by molar-refractivity contribution is 6.29. The minimum atomic E-state index is -2.38. The first-order valence-corrected chi connectivity index (χ1v) is 13.3. The summed E-state index contributed by atoms with van der Waals surface area (Å²) in [7, 11) is 1.22. The number of ketones is 1. The summed E-state index contributed by atoms with van der Waals surface area (Å²) >= 11 is 0. The molecule has 0 heterocycles. The van der Waals surface area contributed by atoms with Gasteiger partial charge in [0.25, 0.3) is 5.91 Å². The predicted octanol–water partition coefficient (Wildman–Crippen LogP) is 6.87. The fourth-order valence-electron chi connectivity index (χ4n) is 4.08. The number of ether oxygens (including phenoxy) is 2. The summed E-state index contributed by atoms with van der Waals surface area (Å²) in [6.45, 7) is 9.29. The Hall–Kier alpha value is -2.21. The van der Waals surface area contributed by atoms with Crippen LogP contribution in [0.15, 0.2) is 30.3 Å². The standard InChI is InChI=1S/C29H47NO5/c1-7-9-11-12-13-14-18-22-24(21-10-8-2)35-27(33)29(34-6,25(31)28(3,4)5)26(32)30-23-19-16-15-17-20-23/h15-17,19-20,24H,7-14,18,21-22H2,1-6H3,(H,30,32). The normalized spacial score (nSPS) is 14.1. The number of esters is 1. The van der Waals surface area contributed by atoms with E-state index < -0.39 is 28.7 Å². The van der Waals surface area contributed by atoms with E-state index in [9.17, 15) is 14.4 Å². The smallest absolute Gasteiger partial charge is 0.356 e. The van der Waals surface area contributed by atoms with E-state index in [1.807, 2.05) is 6.07 Å². The Morgan fingerprint density at radius 3 is 1.91 bits per heavy atom. The van der Waals surface area contributed by atoms with Crippen LogP contribution in [0.1, 0.15) is 105 Å². The number of hydrogen-bond acceptors (Lipinski definition) is 5. The molecule has 0 spiro atoms. The lowest BCUT2D eigenvalue weighted by Crippen LogP contribution is -2.61. The lowest BCUT2D eigenvalue weighted by Gasteiger charge is -2.34. The lowest BCUT2D eigenvalue weighted by molar-refractivity contribution is -0.184. The fraction of sp³-hybridized carbons (Fsp3) is 0.690. The van der Waals surface area contributed by atoms with Gasteiger partial charge in [0.1, 0.15) is 6.10 Å². The highest BCUT2D eigenvalue weighted by Gasteiger charge is 2.58. The molecule has 0 aliphatic rings. The fourth-order valence-corrected chi connectivity index (χ4v) is 4.08. The van der Waals surface area contributed by atoms with Crippen LogP contribution < -0.4 is 5.32 Å². The summed E-state index contributed by atoms with van der Waals surface area (Å²) in [5, 5.41) is 2.68. The number of carbonyl (C=O) groups excluding carboxylic acids is 3. The molecule has 0 saturated carbocycles. The molecule has 198 valence electrons. The molecular weight excluding hydrogens is 442 g/mol.